The third-order valence-corrected chi connectivity index (χ3v) is 5.09. The standard InChI is InChI=1S/C14H16BrN3O2S/c15-11-5-10(6-13-14(11)17-8-21-13)12(7-20-9-19)18-3-1-16-2-4-18/h5-6,8-9,12,16H,1-4,7H2. The zero-order valence-corrected chi connectivity index (χ0v) is 13.8. The lowest BCUT2D eigenvalue weighted by molar-refractivity contribution is -0.130. The summed E-state index contributed by atoms with van der Waals surface area (Å²) in [5.74, 6) is 0. The van der Waals surface area contributed by atoms with E-state index in [0.717, 1.165) is 46.4 Å². The minimum Gasteiger partial charge on any atom is -0.466 e. The van der Waals surface area contributed by atoms with Gasteiger partial charge in [-0.25, -0.2) is 4.98 Å². The third kappa shape index (κ3) is 3.26. The summed E-state index contributed by atoms with van der Waals surface area (Å²) in [4.78, 5) is 17.3. The Morgan fingerprint density at radius 2 is 2.29 bits per heavy atom. The molecule has 0 spiro atoms. The maximum atomic E-state index is 10.6. The van der Waals surface area contributed by atoms with Crippen molar-refractivity contribution in [1.29, 1.82) is 0 Å². The summed E-state index contributed by atoms with van der Waals surface area (Å²) in [7, 11) is 0. The predicted octanol–water partition coefficient (Wildman–Crippen LogP) is 2.18. The van der Waals surface area contributed by atoms with Crippen LogP contribution >= 0.6 is 27.3 Å². The van der Waals surface area contributed by atoms with Crippen molar-refractivity contribution in [3.63, 3.8) is 0 Å². The highest BCUT2D eigenvalue weighted by molar-refractivity contribution is 9.10. The van der Waals surface area contributed by atoms with Gasteiger partial charge in [-0.05, 0) is 33.6 Å². The number of benzene rings is 1. The van der Waals surface area contributed by atoms with Gasteiger partial charge in [0.1, 0.15) is 6.61 Å². The van der Waals surface area contributed by atoms with Gasteiger partial charge in [-0.1, -0.05) is 0 Å². The number of hydrogen-bond acceptors (Lipinski definition) is 6. The van der Waals surface area contributed by atoms with Crippen LogP contribution < -0.4 is 5.32 Å². The van der Waals surface area contributed by atoms with Crippen LogP contribution in [0.1, 0.15) is 11.6 Å². The summed E-state index contributed by atoms with van der Waals surface area (Å²) in [6.45, 7) is 4.72. The van der Waals surface area contributed by atoms with Crippen molar-refractivity contribution in [3.8, 4) is 0 Å². The fourth-order valence-corrected chi connectivity index (χ4v) is 4.14. The maximum Gasteiger partial charge on any atom is 0.293 e. The molecule has 2 aromatic rings. The molecule has 3 rings (SSSR count). The van der Waals surface area contributed by atoms with Gasteiger partial charge in [-0.2, -0.15) is 0 Å². The van der Waals surface area contributed by atoms with Crippen molar-refractivity contribution in [2.24, 2.45) is 0 Å². The molecule has 0 radical (unpaired) electrons. The van der Waals surface area contributed by atoms with Crippen molar-refractivity contribution in [2.75, 3.05) is 32.8 Å². The number of thiazole rings is 1. The number of nitrogens with one attached hydrogen (secondary N) is 1. The second kappa shape index (κ2) is 6.83. The van der Waals surface area contributed by atoms with Crippen molar-refractivity contribution in [3.05, 3.63) is 27.7 Å². The SMILES string of the molecule is O=COCC(c1cc(Br)c2ncsc2c1)N1CCNCC1. The molecule has 5 nitrogen and oxygen atoms in total. The highest BCUT2D eigenvalue weighted by Crippen LogP contribution is 2.32. The van der Waals surface area contributed by atoms with Gasteiger partial charge in [0.05, 0.1) is 21.8 Å². The van der Waals surface area contributed by atoms with Gasteiger partial charge in [-0.3, -0.25) is 9.69 Å². The Labute approximate surface area is 135 Å². The number of fused-ring (bicyclic) bond motifs is 1. The third-order valence-electron chi connectivity index (χ3n) is 3.71. The quantitative estimate of drug-likeness (QED) is 0.818. The first kappa shape index (κ1) is 14.9. The molecule has 112 valence electrons. The first-order chi connectivity index (χ1) is 10.3. The molecule has 0 saturated carbocycles. The summed E-state index contributed by atoms with van der Waals surface area (Å²) in [6.07, 6.45) is 0. The minimum atomic E-state index is 0.0834. The number of rotatable bonds is 5. The molecule has 7 heteroatoms. The average Bonchev–Trinajstić information content (AvgIpc) is 2.98. The van der Waals surface area contributed by atoms with E-state index < -0.39 is 0 Å². The molecule has 1 unspecified atom stereocenters. The number of carbonyl (C=O) groups is 1. The molecule has 0 bridgehead atoms. The molecule has 1 N–H and O–H groups in total. The summed E-state index contributed by atoms with van der Waals surface area (Å²) in [5, 5.41) is 3.34. The van der Waals surface area contributed by atoms with E-state index in [0.29, 0.717) is 13.1 Å². The molecule has 0 amide bonds. The number of halogens is 1. The smallest absolute Gasteiger partial charge is 0.293 e. The van der Waals surface area contributed by atoms with E-state index in [2.05, 4.69) is 43.3 Å². The monoisotopic (exact) mass is 369 g/mol. The molecular weight excluding hydrogens is 354 g/mol. The molecule has 21 heavy (non-hydrogen) atoms. The highest BCUT2D eigenvalue weighted by Gasteiger charge is 2.24. The second-order valence-corrected chi connectivity index (χ2v) is 6.67. The average molecular weight is 370 g/mol. The van der Waals surface area contributed by atoms with Gasteiger partial charge in [-0.15, -0.1) is 11.3 Å². The number of piperazine rings is 1. The van der Waals surface area contributed by atoms with E-state index >= 15 is 0 Å². The lowest BCUT2D eigenvalue weighted by Crippen LogP contribution is -2.46. The van der Waals surface area contributed by atoms with Crippen LogP contribution in [0.15, 0.2) is 22.1 Å². The number of aromatic nitrogens is 1. The van der Waals surface area contributed by atoms with E-state index in [1.165, 1.54) is 0 Å². The number of hydrogen-bond donors (Lipinski definition) is 1. The molecule has 1 aromatic carbocycles. The Balaban J connectivity index is 1.93. The van der Waals surface area contributed by atoms with Crippen LogP contribution in [0.2, 0.25) is 0 Å². The van der Waals surface area contributed by atoms with Crippen LogP contribution in [-0.4, -0.2) is 49.1 Å². The van der Waals surface area contributed by atoms with Crippen LogP contribution in [-0.2, 0) is 9.53 Å². The fourth-order valence-electron chi connectivity index (χ4n) is 2.67. The van der Waals surface area contributed by atoms with Crippen LogP contribution in [0, 0.1) is 0 Å². The summed E-state index contributed by atoms with van der Waals surface area (Å²) in [6, 6.07) is 4.32. The van der Waals surface area contributed by atoms with Gasteiger partial charge in [0, 0.05) is 30.7 Å². The Morgan fingerprint density at radius 3 is 3.05 bits per heavy atom. The minimum absolute atomic E-state index is 0.0834. The highest BCUT2D eigenvalue weighted by atomic mass is 79.9. The van der Waals surface area contributed by atoms with E-state index in [9.17, 15) is 4.79 Å². The largest absolute Gasteiger partial charge is 0.466 e. The Hall–Kier alpha value is -1.02. The summed E-state index contributed by atoms with van der Waals surface area (Å²) >= 11 is 5.21. The van der Waals surface area contributed by atoms with Crippen LogP contribution in [0.4, 0.5) is 0 Å². The van der Waals surface area contributed by atoms with Gasteiger partial charge >= 0.3 is 0 Å². The zero-order chi connectivity index (χ0) is 14.7. The van der Waals surface area contributed by atoms with Crippen LogP contribution in [0.25, 0.3) is 10.2 Å². The lowest BCUT2D eigenvalue weighted by atomic mass is 10.0. The Kier molecular flexibility index (Phi) is 4.84. The molecule has 1 aliphatic rings. The van der Waals surface area contributed by atoms with Crippen molar-refractivity contribution < 1.29 is 9.53 Å². The van der Waals surface area contributed by atoms with E-state index in [1.54, 1.807) is 11.3 Å². The molecular formula is C14H16BrN3O2S. The summed E-state index contributed by atoms with van der Waals surface area (Å²) < 4.78 is 7.20. The van der Waals surface area contributed by atoms with Crippen molar-refractivity contribution >= 4 is 44.0 Å². The van der Waals surface area contributed by atoms with Gasteiger partial charge in [0.25, 0.3) is 6.47 Å². The molecule has 0 aliphatic carbocycles. The number of nitrogens with zero attached hydrogens (tertiary/aromatic N) is 2. The number of carbonyl (C=O) groups excluding carboxylic acids is 1. The zero-order valence-electron chi connectivity index (χ0n) is 11.4. The number of ether oxygens (including phenoxy) is 1. The van der Waals surface area contributed by atoms with Crippen LogP contribution in [0.5, 0.6) is 0 Å². The molecule has 1 saturated heterocycles. The Morgan fingerprint density at radius 1 is 1.48 bits per heavy atom. The summed E-state index contributed by atoms with van der Waals surface area (Å²) in [5.41, 5.74) is 3.99. The predicted molar refractivity (Wildman–Crippen MR) is 86.5 cm³/mol. The van der Waals surface area contributed by atoms with Gasteiger partial charge in [0.2, 0.25) is 0 Å². The van der Waals surface area contributed by atoms with E-state index in [1.807, 2.05) is 5.51 Å². The van der Waals surface area contributed by atoms with Crippen LogP contribution in [0.3, 0.4) is 0 Å². The molecule has 1 atom stereocenters. The lowest BCUT2D eigenvalue weighted by Gasteiger charge is -2.34. The first-order valence-corrected chi connectivity index (χ1v) is 8.49. The van der Waals surface area contributed by atoms with Gasteiger partial charge < -0.3 is 10.1 Å². The van der Waals surface area contributed by atoms with Crippen molar-refractivity contribution in [2.45, 2.75) is 6.04 Å². The molecule has 1 fully saturated rings. The van der Waals surface area contributed by atoms with E-state index in [-0.39, 0.29) is 6.04 Å². The molecule has 1 aromatic heterocycles. The second-order valence-electron chi connectivity index (χ2n) is 4.93. The molecule has 1 aliphatic heterocycles. The van der Waals surface area contributed by atoms with Gasteiger partial charge in [0.15, 0.2) is 0 Å². The van der Waals surface area contributed by atoms with Crippen molar-refractivity contribution in [1.82, 2.24) is 15.2 Å². The molecule has 2 heterocycles. The van der Waals surface area contributed by atoms with E-state index in [4.69, 9.17) is 4.74 Å². The topological polar surface area (TPSA) is 54.5 Å². The first-order valence-electron chi connectivity index (χ1n) is 6.82. The Bertz CT molecular complexity index is 628. The normalized spacial score (nSPS) is 17.8. The fraction of sp³-hybridized carbons (Fsp3) is 0.429. The maximum absolute atomic E-state index is 10.6.